The highest BCUT2D eigenvalue weighted by Gasteiger charge is 2.10. The van der Waals surface area contributed by atoms with Gasteiger partial charge >= 0.3 is 0 Å². The number of hydrogen-bond acceptors (Lipinski definition) is 3. The predicted molar refractivity (Wildman–Crippen MR) is 71.2 cm³/mol. The van der Waals surface area contributed by atoms with Gasteiger partial charge < -0.3 is 5.11 Å². The number of phenols is 1. The van der Waals surface area contributed by atoms with E-state index in [0.717, 1.165) is 22.2 Å². The van der Waals surface area contributed by atoms with Crippen molar-refractivity contribution >= 4 is 27.5 Å². The Labute approximate surface area is 113 Å². The van der Waals surface area contributed by atoms with Crippen molar-refractivity contribution in [2.75, 3.05) is 0 Å². The molecule has 0 saturated heterocycles. The van der Waals surface area contributed by atoms with Crippen LogP contribution in [0.4, 0.5) is 0 Å². The average molecular weight is 314 g/mol. The van der Waals surface area contributed by atoms with Gasteiger partial charge in [0.2, 0.25) is 0 Å². The van der Waals surface area contributed by atoms with Gasteiger partial charge in [-0.1, -0.05) is 18.5 Å². The molecule has 1 heterocycles. The Kier molecular flexibility index (Phi) is 3.64. The zero-order valence-electron chi connectivity index (χ0n) is 9.11. The van der Waals surface area contributed by atoms with E-state index >= 15 is 0 Å². The van der Waals surface area contributed by atoms with Gasteiger partial charge in [-0.05, 0) is 46.6 Å². The van der Waals surface area contributed by atoms with Crippen LogP contribution >= 0.6 is 27.5 Å². The summed E-state index contributed by atoms with van der Waals surface area (Å²) in [6.45, 7) is 2.00. The van der Waals surface area contributed by atoms with Crippen molar-refractivity contribution in [3.8, 4) is 17.1 Å². The molecule has 0 bridgehead atoms. The van der Waals surface area contributed by atoms with Crippen molar-refractivity contribution in [1.82, 2.24) is 9.97 Å². The predicted octanol–water partition coefficient (Wildman–Crippen LogP) is 3.83. The van der Waals surface area contributed by atoms with Crippen LogP contribution in [0.2, 0.25) is 5.15 Å². The maximum Gasteiger partial charge on any atom is 0.161 e. The monoisotopic (exact) mass is 312 g/mol. The van der Waals surface area contributed by atoms with Crippen LogP contribution in [-0.2, 0) is 6.42 Å². The van der Waals surface area contributed by atoms with E-state index in [0.29, 0.717) is 11.0 Å². The van der Waals surface area contributed by atoms with Crippen LogP contribution in [0, 0.1) is 0 Å². The summed E-state index contributed by atoms with van der Waals surface area (Å²) in [6, 6.07) is 6.71. The number of aryl methyl sites for hydroxylation is 1. The van der Waals surface area contributed by atoms with Crippen molar-refractivity contribution in [3.05, 3.63) is 39.6 Å². The Morgan fingerprint density at radius 2 is 1.88 bits per heavy atom. The van der Waals surface area contributed by atoms with E-state index in [-0.39, 0.29) is 5.75 Å². The van der Waals surface area contributed by atoms with Gasteiger partial charge in [-0.2, -0.15) is 0 Å². The minimum Gasteiger partial charge on any atom is -0.508 e. The van der Waals surface area contributed by atoms with Gasteiger partial charge in [0.15, 0.2) is 5.82 Å². The summed E-state index contributed by atoms with van der Waals surface area (Å²) in [5.41, 5.74) is 1.69. The van der Waals surface area contributed by atoms with E-state index in [1.807, 2.05) is 6.92 Å². The fraction of sp³-hybridized carbons (Fsp3) is 0.167. The summed E-state index contributed by atoms with van der Waals surface area (Å²) in [4.78, 5) is 8.63. The second kappa shape index (κ2) is 5.02. The van der Waals surface area contributed by atoms with E-state index < -0.39 is 0 Å². The summed E-state index contributed by atoms with van der Waals surface area (Å²) in [6.07, 6.45) is 0.772. The molecular weight excluding hydrogens is 304 g/mol. The lowest BCUT2D eigenvalue weighted by atomic mass is 10.2. The molecule has 1 aromatic heterocycles. The zero-order chi connectivity index (χ0) is 12.4. The van der Waals surface area contributed by atoms with Crippen LogP contribution in [-0.4, -0.2) is 15.1 Å². The molecule has 0 radical (unpaired) electrons. The van der Waals surface area contributed by atoms with E-state index in [4.69, 9.17) is 11.6 Å². The van der Waals surface area contributed by atoms with Crippen molar-refractivity contribution in [2.45, 2.75) is 13.3 Å². The molecule has 0 saturated carbocycles. The van der Waals surface area contributed by atoms with Crippen LogP contribution < -0.4 is 0 Å². The third kappa shape index (κ3) is 2.58. The SMILES string of the molecule is CCc1nc(-c2ccc(O)cc2)nc(Cl)c1Br. The highest BCUT2D eigenvalue weighted by Crippen LogP contribution is 2.27. The molecule has 17 heavy (non-hydrogen) atoms. The second-order valence-corrected chi connectivity index (χ2v) is 4.65. The maximum absolute atomic E-state index is 9.23. The lowest BCUT2D eigenvalue weighted by Crippen LogP contribution is -1.97. The van der Waals surface area contributed by atoms with Gasteiger partial charge in [-0.3, -0.25) is 0 Å². The minimum absolute atomic E-state index is 0.215. The molecule has 2 aromatic rings. The maximum atomic E-state index is 9.23. The third-order valence-corrected chi connectivity index (χ3v) is 3.67. The molecule has 1 N–H and O–H groups in total. The number of aromatic nitrogens is 2. The van der Waals surface area contributed by atoms with Crippen molar-refractivity contribution in [2.24, 2.45) is 0 Å². The average Bonchev–Trinajstić information content (AvgIpc) is 2.33. The topological polar surface area (TPSA) is 46.0 Å². The normalized spacial score (nSPS) is 10.5. The lowest BCUT2D eigenvalue weighted by molar-refractivity contribution is 0.475. The van der Waals surface area contributed by atoms with E-state index in [9.17, 15) is 5.11 Å². The van der Waals surface area contributed by atoms with Gasteiger partial charge in [-0.25, -0.2) is 9.97 Å². The summed E-state index contributed by atoms with van der Waals surface area (Å²) < 4.78 is 0.740. The molecule has 88 valence electrons. The fourth-order valence-corrected chi connectivity index (χ4v) is 2.08. The standard InChI is InChI=1S/C12H10BrClN2O/c1-2-9-10(13)11(14)16-12(15-9)7-3-5-8(17)6-4-7/h3-6,17H,2H2,1H3. The van der Waals surface area contributed by atoms with E-state index in [1.165, 1.54) is 0 Å². The molecular formula is C12H10BrClN2O. The number of aromatic hydroxyl groups is 1. The Hall–Kier alpha value is -1.13. The molecule has 1 aromatic carbocycles. The number of benzene rings is 1. The summed E-state index contributed by atoms with van der Waals surface area (Å²) in [7, 11) is 0. The second-order valence-electron chi connectivity index (χ2n) is 3.50. The van der Waals surface area contributed by atoms with E-state index in [2.05, 4.69) is 25.9 Å². The van der Waals surface area contributed by atoms with Crippen LogP contribution in [0.1, 0.15) is 12.6 Å². The largest absolute Gasteiger partial charge is 0.508 e. The van der Waals surface area contributed by atoms with Crippen molar-refractivity contribution in [1.29, 1.82) is 0 Å². The molecule has 0 atom stereocenters. The molecule has 0 unspecified atom stereocenters. The number of halogens is 2. The molecule has 0 amide bonds. The lowest BCUT2D eigenvalue weighted by Gasteiger charge is -2.06. The summed E-state index contributed by atoms with van der Waals surface area (Å²) >= 11 is 9.39. The van der Waals surface area contributed by atoms with E-state index in [1.54, 1.807) is 24.3 Å². The molecule has 0 aliphatic heterocycles. The third-order valence-electron chi connectivity index (χ3n) is 2.34. The first kappa shape index (κ1) is 12.3. The number of hydrogen-bond donors (Lipinski definition) is 1. The Morgan fingerprint density at radius 3 is 2.47 bits per heavy atom. The smallest absolute Gasteiger partial charge is 0.161 e. The van der Waals surface area contributed by atoms with Gasteiger partial charge in [-0.15, -0.1) is 0 Å². The number of rotatable bonds is 2. The molecule has 5 heteroatoms. The number of nitrogens with zero attached hydrogens (tertiary/aromatic N) is 2. The van der Waals surface area contributed by atoms with Crippen molar-refractivity contribution in [3.63, 3.8) is 0 Å². The van der Waals surface area contributed by atoms with Crippen LogP contribution in [0.3, 0.4) is 0 Å². The molecule has 3 nitrogen and oxygen atoms in total. The first-order chi connectivity index (χ1) is 8.11. The minimum atomic E-state index is 0.215. The molecule has 0 aliphatic carbocycles. The Bertz CT molecular complexity index is 543. The molecule has 2 rings (SSSR count). The quantitative estimate of drug-likeness (QED) is 0.857. The van der Waals surface area contributed by atoms with Crippen molar-refractivity contribution < 1.29 is 5.11 Å². The van der Waals surface area contributed by atoms with Crippen LogP contribution in [0.5, 0.6) is 5.75 Å². The molecule has 0 fully saturated rings. The van der Waals surface area contributed by atoms with Gasteiger partial charge in [0.25, 0.3) is 0 Å². The molecule has 0 aliphatic rings. The zero-order valence-corrected chi connectivity index (χ0v) is 11.5. The Balaban J connectivity index is 2.52. The van der Waals surface area contributed by atoms with Gasteiger partial charge in [0.1, 0.15) is 10.9 Å². The highest BCUT2D eigenvalue weighted by atomic mass is 79.9. The summed E-state index contributed by atoms with van der Waals surface area (Å²) in [5, 5.41) is 9.63. The first-order valence-corrected chi connectivity index (χ1v) is 6.30. The first-order valence-electron chi connectivity index (χ1n) is 5.13. The number of phenolic OH excluding ortho intramolecular Hbond substituents is 1. The van der Waals surface area contributed by atoms with Crippen LogP contribution in [0.25, 0.3) is 11.4 Å². The van der Waals surface area contributed by atoms with Gasteiger partial charge in [0, 0.05) is 5.56 Å². The van der Waals surface area contributed by atoms with Crippen LogP contribution in [0.15, 0.2) is 28.7 Å². The fourth-order valence-electron chi connectivity index (χ4n) is 1.44. The Morgan fingerprint density at radius 1 is 1.24 bits per heavy atom. The van der Waals surface area contributed by atoms with Gasteiger partial charge in [0.05, 0.1) is 10.2 Å². The summed E-state index contributed by atoms with van der Waals surface area (Å²) in [5.74, 6) is 0.780. The molecule has 0 spiro atoms. The highest BCUT2D eigenvalue weighted by molar-refractivity contribution is 9.10.